The Kier molecular flexibility index (Phi) is 5.47. The number of nitrogens with zero attached hydrogens (tertiary/aromatic N) is 3. The quantitative estimate of drug-likeness (QED) is 0.616. The van der Waals surface area contributed by atoms with Crippen LogP contribution in [0, 0.1) is 0 Å². The van der Waals surface area contributed by atoms with E-state index >= 15 is 0 Å². The van der Waals surface area contributed by atoms with Gasteiger partial charge >= 0.3 is 0 Å². The van der Waals surface area contributed by atoms with Gasteiger partial charge in [-0.2, -0.15) is 0 Å². The van der Waals surface area contributed by atoms with Crippen LogP contribution in [-0.2, 0) is 16.1 Å². The maximum atomic E-state index is 12.1. The molecule has 3 aromatic rings. The van der Waals surface area contributed by atoms with E-state index in [1.165, 1.54) is 4.68 Å². The fraction of sp³-hybridized carbons (Fsp3) is 0.176. The van der Waals surface area contributed by atoms with Crippen molar-refractivity contribution in [3.63, 3.8) is 0 Å². The van der Waals surface area contributed by atoms with Gasteiger partial charge in [-0.3, -0.25) is 20.4 Å². The van der Waals surface area contributed by atoms with Crippen LogP contribution in [0.1, 0.15) is 6.92 Å². The molecular formula is C17H16BrN5O3. The SMILES string of the molecule is CC(Oc1cccc(Br)c1)C(=O)NNC(=O)Cn1nnc2ccccc21. The number of carbonyl (C=O) groups is 2. The largest absolute Gasteiger partial charge is 0.481 e. The third-order valence-electron chi connectivity index (χ3n) is 3.52. The minimum absolute atomic E-state index is 0.0678. The lowest BCUT2D eigenvalue weighted by atomic mass is 10.3. The van der Waals surface area contributed by atoms with Crippen molar-refractivity contribution < 1.29 is 14.3 Å². The summed E-state index contributed by atoms with van der Waals surface area (Å²) in [5.74, 6) is -0.354. The molecule has 1 heterocycles. The van der Waals surface area contributed by atoms with E-state index in [4.69, 9.17) is 4.74 Å². The van der Waals surface area contributed by atoms with Crippen molar-refractivity contribution in [3.05, 3.63) is 53.0 Å². The van der Waals surface area contributed by atoms with Crippen LogP contribution in [0.25, 0.3) is 11.0 Å². The van der Waals surface area contributed by atoms with Crippen molar-refractivity contribution in [1.29, 1.82) is 0 Å². The zero-order valence-electron chi connectivity index (χ0n) is 13.8. The van der Waals surface area contributed by atoms with Crippen molar-refractivity contribution >= 4 is 38.8 Å². The Hall–Kier alpha value is -2.94. The third kappa shape index (κ3) is 4.37. The number of rotatable bonds is 5. The first kappa shape index (κ1) is 17.9. The Morgan fingerprint density at radius 1 is 1.19 bits per heavy atom. The van der Waals surface area contributed by atoms with Crippen molar-refractivity contribution in [2.45, 2.75) is 19.6 Å². The predicted molar refractivity (Wildman–Crippen MR) is 98.0 cm³/mol. The van der Waals surface area contributed by atoms with Gasteiger partial charge in [-0.05, 0) is 37.3 Å². The van der Waals surface area contributed by atoms with Gasteiger partial charge in [0, 0.05) is 4.47 Å². The Morgan fingerprint density at radius 3 is 2.81 bits per heavy atom. The molecule has 0 aliphatic heterocycles. The van der Waals surface area contributed by atoms with E-state index in [1.807, 2.05) is 24.3 Å². The van der Waals surface area contributed by atoms with E-state index < -0.39 is 17.9 Å². The van der Waals surface area contributed by atoms with Gasteiger partial charge in [0.15, 0.2) is 6.10 Å². The molecule has 26 heavy (non-hydrogen) atoms. The minimum Gasteiger partial charge on any atom is -0.481 e. The topological polar surface area (TPSA) is 98.1 Å². The number of amides is 2. The number of hydrogen-bond donors (Lipinski definition) is 2. The normalized spacial score (nSPS) is 11.8. The first-order valence-electron chi connectivity index (χ1n) is 7.82. The molecule has 0 spiro atoms. The smallest absolute Gasteiger partial charge is 0.279 e. The summed E-state index contributed by atoms with van der Waals surface area (Å²) in [7, 11) is 0. The lowest BCUT2D eigenvalue weighted by molar-refractivity contribution is -0.133. The highest BCUT2D eigenvalue weighted by Gasteiger charge is 2.16. The van der Waals surface area contributed by atoms with E-state index in [1.54, 1.807) is 31.2 Å². The van der Waals surface area contributed by atoms with Gasteiger partial charge < -0.3 is 4.74 Å². The number of fused-ring (bicyclic) bond motifs is 1. The van der Waals surface area contributed by atoms with Gasteiger partial charge in [0.2, 0.25) is 0 Å². The molecule has 0 aliphatic carbocycles. The van der Waals surface area contributed by atoms with E-state index in [0.717, 1.165) is 9.99 Å². The van der Waals surface area contributed by atoms with Crippen LogP contribution >= 0.6 is 15.9 Å². The molecule has 8 nitrogen and oxygen atoms in total. The fourth-order valence-corrected chi connectivity index (χ4v) is 2.62. The summed E-state index contributed by atoms with van der Waals surface area (Å²) >= 11 is 3.33. The van der Waals surface area contributed by atoms with Crippen LogP contribution in [0.4, 0.5) is 0 Å². The monoisotopic (exact) mass is 417 g/mol. The molecule has 0 bridgehead atoms. The number of hydrazine groups is 1. The molecule has 0 radical (unpaired) electrons. The first-order valence-corrected chi connectivity index (χ1v) is 8.61. The molecule has 2 amide bonds. The van der Waals surface area contributed by atoms with Crippen LogP contribution in [0.3, 0.4) is 0 Å². The van der Waals surface area contributed by atoms with Crippen LogP contribution in [-0.4, -0.2) is 32.9 Å². The molecule has 0 saturated carbocycles. The second kappa shape index (κ2) is 7.96. The van der Waals surface area contributed by atoms with E-state index in [2.05, 4.69) is 37.1 Å². The summed E-state index contributed by atoms with van der Waals surface area (Å²) in [5.41, 5.74) is 6.12. The van der Waals surface area contributed by atoms with Crippen LogP contribution < -0.4 is 15.6 Å². The van der Waals surface area contributed by atoms with Gasteiger partial charge in [-0.25, -0.2) is 4.68 Å². The number of ether oxygens (including phenoxy) is 1. The number of aromatic nitrogens is 3. The van der Waals surface area contributed by atoms with Crippen molar-refractivity contribution in [1.82, 2.24) is 25.8 Å². The summed E-state index contributed by atoms with van der Waals surface area (Å²) in [5, 5.41) is 7.90. The number of carbonyl (C=O) groups excluding carboxylic acids is 2. The highest BCUT2D eigenvalue weighted by atomic mass is 79.9. The summed E-state index contributed by atoms with van der Waals surface area (Å²) in [6.07, 6.45) is -0.781. The molecule has 2 aromatic carbocycles. The second-order valence-electron chi connectivity index (χ2n) is 5.49. The molecule has 134 valence electrons. The number of benzene rings is 2. The van der Waals surface area contributed by atoms with Crippen molar-refractivity contribution in [2.75, 3.05) is 0 Å². The number of nitrogens with one attached hydrogen (secondary N) is 2. The molecule has 0 saturated heterocycles. The summed E-state index contributed by atoms with van der Waals surface area (Å²) < 4.78 is 7.83. The average Bonchev–Trinajstić information content (AvgIpc) is 3.02. The lowest BCUT2D eigenvalue weighted by Gasteiger charge is -2.15. The van der Waals surface area contributed by atoms with Crippen LogP contribution in [0.2, 0.25) is 0 Å². The van der Waals surface area contributed by atoms with E-state index in [-0.39, 0.29) is 6.54 Å². The van der Waals surface area contributed by atoms with Gasteiger partial charge in [0.25, 0.3) is 11.8 Å². The van der Waals surface area contributed by atoms with Crippen LogP contribution in [0.5, 0.6) is 5.75 Å². The summed E-state index contributed by atoms with van der Waals surface area (Å²) in [6, 6.07) is 14.4. The fourth-order valence-electron chi connectivity index (χ4n) is 2.24. The molecule has 1 atom stereocenters. The van der Waals surface area contributed by atoms with E-state index in [0.29, 0.717) is 11.3 Å². The Bertz CT molecular complexity index is 943. The zero-order chi connectivity index (χ0) is 18.5. The molecule has 9 heteroatoms. The first-order chi connectivity index (χ1) is 12.5. The van der Waals surface area contributed by atoms with Gasteiger partial charge in [-0.15, -0.1) is 5.10 Å². The maximum Gasteiger partial charge on any atom is 0.279 e. The molecule has 1 unspecified atom stereocenters. The molecule has 0 aliphatic rings. The molecule has 1 aromatic heterocycles. The highest BCUT2D eigenvalue weighted by Crippen LogP contribution is 2.18. The van der Waals surface area contributed by atoms with Crippen molar-refractivity contribution in [3.8, 4) is 5.75 Å². The highest BCUT2D eigenvalue weighted by molar-refractivity contribution is 9.10. The Balaban J connectivity index is 1.51. The predicted octanol–water partition coefficient (Wildman–Crippen LogP) is 1.81. The molecular weight excluding hydrogens is 402 g/mol. The molecule has 0 fully saturated rings. The second-order valence-corrected chi connectivity index (χ2v) is 6.41. The molecule has 3 rings (SSSR count). The average molecular weight is 418 g/mol. The maximum absolute atomic E-state index is 12.1. The zero-order valence-corrected chi connectivity index (χ0v) is 15.4. The summed E-state index contributed by atoms with van der Waals surface area (Å²) in [6.45, 7) is 1.52. The van der Waals surface area contributed by atoms with Crippen molar-refractivity contribution in [2.24, 2.45) is 0 Å². The number of hydrogen-bond acceptors (Lipinski definition) is 5. The Morgan fingerprint density at radius 2 is 2.00 bits per heavy atom. The van der Waals surface area contributed by atoms with Gasteiger partial charge in [-0.1, -0.05) is 39.3 Å². The number of para-hydroxylation sites is 1. The standard InChI is InChI=1S/C17H16BrN5O3/c1-11(26-13-6-4-5-12(18)9-13)17(25)21-20-16(24)10-23-15-8-3-2-7-14(15)19-22-23/h2-9,11H,10H2,1H3,(H,20,24)(H,21,25). The third-order valence-corrected chi connectivity index (χ3v) is 4.01. The van der Waals surface area contributed by atoms with Gasteiger partial charge in [0.05, 0.1) is 5.52 Å². The number of halogens is 1. The molecule has 2 N–H and O–H groups in total. The minimum atomic E-state index is -0.781. The summed E-state index contributed by atoms with van der Waals surface area (Å²) in [4.78, 5) is 24.1. The lowest BCUT2D eigenvalue weighted by Crippen LogP contribution is -2.48. The van der Waals surface area contributed by atoms with Crippen LogP contribution in [0.15, 0.2) is 53.0 Å². The van der Waals surface area contributed by atoms with Gasteiger partial charge in [0.1, 0.15) is 17.8 Å². The van der Waals surface area contributed by atoms with E-state index in [9.17, 15) is 9.59 Å². The Labute approximate surface area is 157 Å².